The van der Waals surface area contributed by atoms with E-state index in [1.54, 1.807) is 12.1 Å². The van der Waals surface area contributed by atoms with Crippen molar-refractivity contribution in [3.05, 3.63) is 34.9 Å². The van der Waals surface area contributed by atoms with E-state index in [-0.39, 0.29) is 5.78 Å². The molecule has 1 aromatic carbocycles. The first-order chi connectivity index (χ1) is 7.48. The Balaban J connectivity index is 2.90. The molecule has 86 valence electrons. The first-order valence-corrected chi connectivity index (χ1v) is 5.57. The molecule has 0 saturated carbocycles. The van der Waals surface area contributed by atoms with Crippen molar-refractivity contribution < 1.29 is 9.59 Å². The smallest absolute Gasteiger partial charge is 0.130 e. The molecule has 0 bridgehead atoms. The number of benzene rings is 1. The zero-order valence-electron chi connectivity index (χ0n) is 9.50. The maximum Gasteiger partial charge on any atom is 0.130 e. The Morgan fingerprint density at radius 1 is 1.38 bits per heavy atom. The van der Waals surface area contributed by atoms with Crippen LogP contribution in [0.3, 0.4) is 0 Å². The van der Waals surface area contributed by atoms with Crippen LogP contribution in [-0.2, 0) is 15.0 Å². The van der Waals surface area contributed by atoms with E-state index >= 15 is 0 Å². The molecule has 0 unspecified atom stereocenters. The Morgan fingerprint density at radius 3 is 2.38 bits per heavy atom. The highest BCUT2D eigenvalue weighted by molar-refractivity contribution is 6.30. The Hall–Kier alpha value is -1.15. The highest BCUT2D eigenvalue weighted by atomic mass is 35.5. The predicted molar refractivity (Wildman–Crippen MR) is 64.8 cm³/mol. The predicted octanol–water partition coefficient (Wildman–Crippen LogP) is 3.17. The third kappa shape index (κ3) is 3.17. The molecule has 0 amide bonds. The molecule has 0 aromatic heterocycles. The SMILES string of the molecule is CC(=O)CC[C@@](C)(C=O)c1ccc(Cl)cc1. The minimum Gasteiger partial charge on any atom is -0.302 e. The lowest BCUT2D eigenvalue weighted by Gasteiger charge is -2.23. The molecule has 1 atom stereocenters. The normalized spacial score (nSPS) is 14.2. The second kappa shape index (κ2) is 5.26. The van der Waals surface area contributed by atoms with E-state index in [1.807, 2.05) is 19.1 Å². The number of ketones is 1. The van der Waals surface area contributed by atoms with Crippen LogP contribution in [0.25, 0.3) is 0 Å². The van der Waals surface area contributed by atoms with Crippen LogP contribution < -0.4 is 0 Å². The summed E-state index contributed by atoms with van der Waals surface area (Å²) in [7, 11) is 0. The van der Waals surface area contributed by atoms with Crippen LogP contribution in [0.4, 0.5) is 0 Å². The molecule has 0 fully saturated rings. The molecule has 3 heteroatoms. The summed E-state index contributed by atoms with van der Waals surface area (Å²) in [4.78, 5) is 22.1. The Kier molecular flexibility index (Phi) is 4.25. The van der Waals surface area contributed by atoms with Gasteiger partial charge in [0.2, 0.25) is 0 Å². The molecule has 1 aromatic rings. The Morgan fingerprint density at radius 2 is 1.94 bits per heavy atom. The minimum atomic E-state index is -0.601. The van der Waals surface area contributed by atoms with Crippen LogP contribution in [0.1, 0.15) is 32.3 Å². The van der Waals surface area contributed by atoms with Gasteiger partial charge in [0.25, 0.3) is 0 Å². The van der Waals surface area contributed by atoms with Gasteiger partial charge in [-0.05, 0) is 38.0 Å². The van der Waals surface area contributed by atoms with Crippen molar-refractivity contribution in [3.8, 4) is 0 Å². The van der Waals surface area contributed by atoms with Crippen molar-refractivity contribution in [3.63, 3.8) is 0 Å². The van der Waals surface area contributed by atoms with Gasteiger partial charge in [-0.2, -0.15) is 0 Å². The topological polar surface area (TPSA) is 34.1 Å². The van der Waals surface area contributed by atoms with Crippen LogP contribution in [0.15, 0.2) is 24.3 Å². The largest absolute Gasteiger partial charge is 0.302 e. The fraction of sp³-hybridized carbons (Fsp3) is 0.385. The second-order valence-electron chi connectivity index (χ2n) is 4.24. The van der Waals surface area contributed by atoms with Gasteiger partial charge >= 0.3 is 0 Å². The van der Waals surface area contributed by atoms with Gasteiger partial charge in [0.15, 0.2) is 0 Å². The number of carbonyl (C=O) groups excluding carboxylic acids is 2. The summed E-state index contributed by atoms with van der Waals surface area (Å²) >= 11 is 5.79. The molecule has 0 N–H and O–H groups in total. The van der Waals surface area contributed by atoms with Gasteiger partial charge in [-0.1, -0.05) is 23.7 Å². The lowest BCUT2D eigenvalue weighted by atomic mass is 9.79. The van der Waals surface area contributed by atoms with Crippen molar-refractivity contribution in [1.82, 2.24) is 0 Å². The maximum absolute atomic E-state index is 11.2. The molecule has 0 aliphatic heterocycles. The molecular formula is C13H15ClO2. The van der Waals surface area contributed by atoms with E-state index in [2.05, 4.69) is 0 Å². The Bertz CT molecular complexity index is 383. The summed E-state index contributed by atoms with van der Waals surface area (Å²) in [5.74, 6) is 0.0991. The third-order valence-corrected chi connectivity index (χ3v) is 3.01. The maximum atomic E-state index is 11.2. The number of hydrogen-bond donors (Lipinski definition) is 0. The van der Waals surface area contributed by atoms with E-state index < -0.39 is 5.41 Å². The molecule has 2 nitrogen and oxygen atoms in total. The van der Waals surface area contributed by atoms with E-state index in [9.17, 15) is 9.59 Å². The molecule has 0 aliphatic rings. The van der Waals surface area contributed by atoms with Crippen molar-refractivity contribution >= 4 is 23.7 Å². The lowest BCUT2D eigenvalue weighted by Crippen LogP contribution is -2.24. The summed E-state index contributed by atoms with van der Waals surface area (Å²) in [6, 6.07) is 7.17. The van der Waals surface area contributed by atoms with Gasteiger partial charge in [0.1, 0.15) is 12.1 Å². The van der Waals surface area contributed by atoms with Crippen LogP contribution in [0, 0.1) is 0 Å². The highest BCUT2D eigenvalue weighted by Gasteiger charge is 2.26. The van der Waals surface area contributed by atoms with E-state index in [0.717, 1.165) is 11.8 Å². The first kappa shape index (κ1) is 12.9. The summed E-state index contributed by atoms with van der Waals surface area (Å²) in [5.41, 5.74) is 0.296. The summed E-state index contributed by atoms with van der Waals surface area (Å²) in [5, 5.41) is 0.642. The molecule has 1 rings (SSSR count). The van der Waals surface area contributed by atoms with E-state index in [0.29, 0.717) is 17.9 Å². The van der Waals surface area contributed by atoms with E-state index in [1.165, 1.54) is 6.92 Å². The van der Waals surface area contributed by atoms with E-state index in [4.69, 9.17) is 11.6 Å². The number of rotatable bonds is 5. The quantitative estimate of drug-likeness (QED) is 0.739. The van der Waals surface area contributed by atoms with Gasteiger partial charge < -0.3 is 9.59 Å². The monoisotopic (exact) mass is 238 g/mol. The zero-order chi connectivity index (χ0) is 12.2. The van der Waals surface area contributed by atoms with Crippen LogP contribution in [0.2, 0.25) is 5.02 Å². The van der Waals surface area contributed by atoms with Gasteiger partial charge in [0.05, 0.1) is 0 Å². The van der Waals surface area contributed by atoms with Crippen molar-refractivity contribution in [2.45, 2.75) is 32.1 Å². The first-order valence-electron chi connectivity index (χ1n) is 5.20. The number of Topliss-reactive ketones (excluding diaryl/α,β-unsaturated/α-hetero) is 1. The van der Waals surface area contributed by atoms with Crippen molar-refractivity contribution in [2.24, 2.45) is 0 Å². The van der Waals surface area contributed by atoms with Crippen molar-refractivity contribution in [2.75, 3.05) is 0 Å². The average molecular weight is 239 g/mol. The van der Waals surface area contributed by atoms with Gasteiger partial charge in [0, 0.05) is 16.9 Å². The molecule has 0 radical (unpaired) electrons. The number of aldehydes is 1. The highest BCUT2D eigenvalue weighted by Crippen LogP contribution is 2.28. The number of hydrogen-bond acceptors (Lipinski definition) is 2. The minimum absolute atomic E-state index is 0.0991. The fourth-order valence-corrected chi connectivity index (χ4v) is 1.66. The molecule has 16 heavy (non-hydrogen) atoms. The average Bonchev–Trinajstić information content (AvgIpc) is 2.27. The van der Waals surface area contributed by atoms with Crippen LogP contribution >= 0.6 is 11.6 Å². The second-order valence-corrected chi connectivity index (χ2v) is 4.68. The standard InChI is InChI=1S/C13H15ClO2/c1-10(16)7-8-13(2,9-15)11-3-5-12(14)6-4-11/h3-6,9H,7-8H2,1-2H3/t13-/m0/s1. The van der Waals surface area contributed by atoms with Crippen molar-refractivity contribution in [1.29, 1.82) is 0 Å². The molecular weight excluding hydrogens is 224 g/mol. The van der Waals surface area contributed by atoms with Crippen LogP contribution in [0.5, 0.6) is 0 Å². The summed E-state index contributed by atoms with van der Waals surface area (Å²) in [6.07, 6.45) is 1.85. The Labute approximate surface area is 101 Å². The molecule has 0 saturated heterocycles. The molecule has 0 aliphatic carbocycles. The summed E-state index contributed by atoms with van der Waals surface area (Å²) < 4.78 is 0. The molecule has 0 spiro atoms. The zero-order valence-corrected chi connectivity index (χ0v) is 10.3. The fourth-order valence-electron chi connectivity index (χ4n) is 1.54. The van der Waals surface area contributed by atoms with Gasteiger partial charge in [-0.3, -0.25) is 0 Å². The lowest BCUT2D eigenvalue weighted by molar-refractivity contribution is -0.117. The van der Waals surface area contributed by atoms with Crippen LogP contribution in [-0.4, -0.2) is 12.1 Å². The van der Waals surface area contributed by atoms with Gasteiger partial charge in [-0.15, -0.1) is 0 Å². The number of halogens is 1. The third-order valence-electron chi connectivity index (χ3n) is 2.76. The summed E-state index contributed by atoms with van der Waals surface area (Å²) in [6.45, 7) is 3.37. The number of carbonyl (C=O) groups is 2. The van der Waals surface area contributed by atoms with Gasteiger partial charge in [-0.25, -0.2) is 0 Å². The molecule has 0 heterocycles.